The summed E-state index contributed by atoms with van der Waals surface area (Å²) in [6.07, 6.45) is 9.26. The molecule has 0 saturated heterocycles. The van der Waals surface area contributed by atoms with Crippen LogP contribution >= 0.6 is 0 Å². The molecule has 1 aliphatic rings. The average Bonchev–Trinajstić information content (AvgIpc) is 2.29. The van der Waals surface area contributed by atoms with Gasteiger partial charge in [0.2, 0.25) is 0 Å². The van der Waals surface area contributed by atoms with Gasteiger partial charge in [-0.3, -0.25) is 4.79 Å². The van der Waals surface area contributed by atoms with Gasteiger partial charge in [0, 0.05) is 12.3 Å². The predicted octanol–water partition coefficient (Wildman–Crippen LogP) is 4.60. The zero-order valence-corrected chi connectivity index (χ0v) is 11.3. The van der Waals surface area contributed by atoms with Crippen molar-refractivity contribution in [2.24, 2.45) is 17.8 Å². The highest BCUT2D eigenvalue weighted by Gasteiger charge is 2.26. The summed E-state index contributed by atoms with van der Waals surface area (Å²) in [5.74, 6) is 2.64. The minimum Gasteiger partial charge on any atom is -0.299 e. The van der Waals surface area contributed by atoms with Crippen LogP contribution in [0.4, 0.5) is 0 Å². The topological polar surface area (TPSA) is 17.1 Å². The first-order valence-corrected chi connectivity index (χ1v) is 7.17. The van der Waals surface area contributed by atoms with Crippen LogP contribution in [0.15, 0.2) is 0 Å². The Morgan fingerprint density at radius 2 is 1.75 bits per heavy atom. The SMILES string of the molecule is CCCCCC(=O)C1CCC(C(C)C)CC1. The summed E-state index contributed by atoms with van der Waals surface area (Å²) in [6, 6.07) is 0. The lowest BCUT2D eigenvalue weighted by Gasteiger charge is -2.30. The third kappa shape index (κ3) is 4.27. The number of ketones is 1. The van der Waals surface area contributed by atoms with E-state index in [2.05, 4.69) is 20.8 Å². The van der Waals surface area contributed by atoms with Crippen LogP contribution in [0.25, 0.3) is 0 Å². The van der Waals surface area contributed by atoms with Crippen molar-refractivity contribution in [1.82, 2.24) is 0 Å². The van der Waals surface area contributed by atoms with Crippen LogP contribution in [0.2, 0.25) is 0 Å². The maximum atomic E-state index is 11.9. The normalized spacial score (nSPS) is 26.0. The van der Waals surface area contributed by atoms with Crippen molar-refractivity contribution in [2.75, 3.05) is 0 Å². The Kier molecular flexibility index (Phi) is 6.08. The van der Waals surface area contributed by atoms with E-state index in [0.29, 0.717) is 11.7 Å². The Hall–Kier alpha value is -0.330. The Morgan fingerprint density at radius 3 is 2.25 bits per heavy atom. The number of rotatable bonds is 6. The van der Waals surface area contributed by atoms with Crippen LogP contribution < -0.4 is 0 Å². The van der Waals surface area contributed by atoms with Gasteiger partial charge >= 0.3 is 0 Å². The Balaban J connectivity index is 2.22. The second kappa shape index (κ2) is 7.09. The van der Waals surface area contributed by atoms with E-state index in [4.69, 9.17) is 0 Å². The molecule has 1 fully saturated rings. The van der Waals surface area contributed by atoms with Crippen molar-refractivity contribution in [2.45, 2.75) is 72.1 Å². The van der Waals surface area contributed by atoms with Gasteiger partial charge in [-0.15, -0.1) is 0 Å². The number of carbonyl (C=O) groups excluding carboxylic acids is 1. The first-order valence-electron chi connectivity index (χ1n) is 7.17. The Morgan fingerprint density at radius 1 is 1.12 bits per heavy atom. The van der Waals surface area contributed by atoms with Crippen LogP contribution in [0.1, 0.15) is 72.1 Å². The fourth-order valence-electron chi connectivity index (χ4n) is 2.86. The molecule has 0 aromatic heterocycles. The highest BCUT2D eigenvalue weighted by molar-refractivity contribution is 5.81. The molecule has 0 atom stereocenters. The first kappa shape index (κ1) is 13.7. The van der Waals surface area contributed by atoms with Crippen molar-refractivity contribution in [3.05, 3.63) is 0 Å². The summed E-state index contributed by atoms with van der Waals surface area (Å²) >= 11 is 0. The molecule has 0 unspecified atom stereocenters. The molecule has 94 valence electrons. The lowest BCUT2D eigenvalue weighted by molar-refractivity contribution is -0.124. The molecule has 1 saturated carbocycles. The van der Waals surface area contributed by atoms with Gasteiger partial charge in [-0.2, -0.15) is 0 Å². The number of hydrogen-bond acceptors (Lipinski definition) is 1. The van der Waals surface area contributed by atoms with E-state index in [-0.39, 0.29) is 0 Å². The van der Waals surface area contributed by atoms with Gasteiger partial charge in [-0.05, 0) is 43.9 Å². The molecule has 1 aliphatic carbocycles. The zero-order valence-electron chi connectivity index (χ0n) is 11.3. The van der Waals surface area contributed by atoms with Gasteiger partial charge in [-0.25, -0.2) is 0 Å². The number of hydrogen-bond donors (Lipinski definition) is 0. The van der Waals surface area contributed by atoms with E-state index in [1.54, 1.807) is 0 Å². The minimum absolute atomic E-state index is 0.409. The summed E-state index contributed by atoms with van der Waals surface area (Å²) < 4.78 is 0. The van der Waals surface area contributed by atoms with Gasteiger partial charge < -0.3 is 0 Å². The van der Waals surface area contributed by atoms with E-state index in [9.17, 15) is 4.79 Å². The summed E-state index contributed by atoms with van der Waals surface area (Å²) in [5.41, 5.74) is 0. The minimum atomic E-state index is 0.409. The summed E-state index contributed by atoms with van der Waals surface area (Å²) in [5, 5.41) is 0. The van der Waals surface area contributed by atoms with Gasteiger partial charge in [-0.1, -0.05) is 33.6 Å². The molecule has 1 rings (SSSR count). The van der Waals surface area contributed by atoms with Crippen LogP contribution in [0, 0.1) is 17.8 Å². The molecule has 0 bridgehead atoms. The molecule has 0 heterocycles. The number of carbonyl (C=O) groups is 1. The van der Waals surface area contributed by atoms with Crippen LogP contribution in [0.3, 0.4) is 0 Å². The van der Waals surface area contributed by atoms with Gasteiger partial charge in [0.1, 0.15) is 5.78 Å². The van der Waals surface area contributed by atoms with Crippen molar-refractivity contribution < 1.29 is 4.79 Å². The highest BCUT2D eigenvalue weighted by Crippen LogP contribution is 2.34. The second-order valence-electron chi connectivity index (χ2n) is 5.78. The maximum Gasteiger partial charge on any atom is 0.135 e. The molecule has 0 spiro atoms. The molecule has 0 N–H and O–H groups in total. The van der Waals surface area contributed by atoms with Gasteiger partial charge in [0.05, 0.1) is 0 Å². The molecular formula is C15H28O. The fourth-order valence-corrected chi connectivity index (χ4v) is 2.86. The van der Waals surface area contributed by atoms with Crippen molar-refractivity contribution in [1.29, 1.82) is 0 Å². The summed E-state index contributed by atoms with van der Waals surface area (Å²) in [7, 11) is 0. The zero-order chi connectivity index (χ0) is 12.0. The molecule has 0 aromatic carbocycles. The van der Waals surface area contributed by atoms with E-state index in [0.717, 1.165) is 37.5 Å². The van der Waals surface area contributed by atoms with E-state index < -0.39 is 0 Å². The largest absolute Gasteiger partial charge is 0.299 e. The highest BCUT2D eigenvalue weighted by atomic mass is 16.1. The number of Topliss-reactive ketones (excluding diaryl/α,β-unsaturated/α-hetero) is 1. The standard InChI is InChI=1S/C15H28O/c1-4-5-6-7-15(16)14-10-8-13(9-11-14)12(2)3/h12-14H,4-11H2,1-3H3. The predicted molar refractivity (Wildman–Crippen MR) is 69.4 cm³/mol. The van der Waals surface area contributed by atoms with Crippen LogP contribution in [-0.4, -0.2) is 5.78 Å². The number of unbranched alkanes of at least 4 members (excludes halogenated alkanes) is 2. The van der Waals surface area contributed by atoms with Crippen molar-refractivity contribution >= 4 is 5.78 Å². The third-order valence-electron chi connectivity index (χ3n) is 4.20. The second-order valence-corrected chi connectivity index (χ2v) is 5.78. The molecule has 16 heavy (non-hydrogen) atoms. The van der Waals surface area contributed by atoms with E-state index in [1.807, 2.05) is 0 Å². The maximum absolute atomic E-state index is 11.9. The lowest BCUT2D eigenvalue weighted by Crippen LogP contribution is -2.24. The lowest BCUT2D eigenvalue weighted by atomic mass is 9.75. The molecular weight excluding hydrogens is 196 g/mol. The first-order chi connectivity index (χ1) is 7.65. The third-order valence-corrected chi connectivity index (χ3v) is 4.20. The molecule has 0 aliphatic heterocycles. The van der Waals surface area contributed by atoms with Crippen molar-refractivity contribution in [3.63, 3.8) is 0 Å². The quantitative estimate of drug-likeness (QED) is 0.603. The molecule has 0 amide bonds. The molecule has 1 heteroatoms. The molecule has 0 aromatic rings. The van der Waals surface area contributed by atoms with E-state index >= 15 is 0 Å². The van der Waals surface area contributed by atoms with Crippen LogP contribution in [0.5, 0.6) is 0 Å². The van der Waals surface area contributed by atoms with Gasteiger partial charge in [0.25, 0.3) is 0 Å². The summed E-state index contributed by atoms with van der Waals surface area (Å²) in [4.78, 5) is 11.9. The van der Waals surface area contributed by atoms with Gasteiger partial charge in [0.15, 0.2) is 0 Å². The molecule has 1 nitrogen and oxygen atoms in total. The smallest absolute Gasteiger partial charge is 0.135 e. The summed E-state index contributed by atoms with van der Waals surface area (Å²) in [6.45, 7) is 6.82. The fraction of sp³-hybridized carbons (Fsp3) is 0.933. The Bertz CT molecular complexity index is 199. The van der Waals surface area contributed by atoms with E-state index in [1.165, 1.54) is 25.7 Å². The van der Waals surface area contributed by atoms with Crippen molar-refractivity contribution in [3.8, 4) is 0 Å². The Labute approximate surface area is 101 Å². The molecule has 0 radical (unpaired) electrons. The average molecular weight is 224 g/mol. The van der Waals surface area contributed by atoms with Crippen LogP contribution in [-0.2, 0) is 4.79 Å². The monoisotopic (exact) mass is 224 g/mol.